The van der Waals surface area contributed by atoms with Gasteiger partial charge in [-0.3, -0.25) is 4.98 Å². The van der Waals surface area contributed by atoms with Crippen molar-refractivity contribution in [2.24, 2.45) is 0 Å². The molecule has 0 bridgehead atoms. The topological polar surface area (TPSA) is 12.9 Å². The number of fused-ring (bicyclic) bond motifs is 1. The number of pyridine rings is 1. The van der Waals surface area contributed by atoms with E-state index in [4.69, 9.17) is 4.98 Å². The number of nitrogens with zero attached hydrogens (tertiary/aromatic N) is 1. The normalized spacial score (nSPS) is 13.8. The number of aromatic nitrogens is 1. The van der Waals surface area contributed by atoms with Crippen LogP contribution < -0.4 is 0 Å². The van der Waals surface area contributed by atoms with Gasteiger partial charge < -0.3 is 0 Å². The summed E-state index contributed by atoms with van der Waals surface area (Å²) in [6, 6.07) is 15.9. The Hall–Kier alpha value is -1.80. The van der Waals surface area contributed by atoms with Crippen LogP contribution in [-0.4, -0.2) is 20.7 Å². The van der Waals surface area contributed by atoms with Crippen LogP contribution in [0.3, 0.4) is 0 Å². The molecule has 2 heteroatoms. The van der Waals surface area contributed by atoms with Gasteiger partial charge in [-0.1, -0.05) is 64.8 Å². The van der Waals surface area contributed by atoms with Crippen molar-refractivity contribution >= 4 is 20.8 Å². The van der Waals surface area contributed by atoms with Gasteiger partial charge in [0.1, 0.15) is 0 Å². The Bertz CT molecular complexity index is 985. The number of aryl methyl sites for hydroxylation is 2. The molecule has 0 unspecified atom stereocenters. The summed E-state index contributed by atoms with van der Waals surface area (Å²) in [6.45, 7) is 18.7. The zero-order valence-corrected chi connectivity index (χ0v) is 19.8. The van der Waals surface area contributed by atoms with E-state index in [0.29, 0.717) is 0 Å². The van der Waals surface area contributed by atoms with Gasteiger partial charge in [-0.05, 0) is 70.2 Å². The number of hydrogen-bond acceptors (Lipinski definition) is 1. The monoisotopic (exact) mass is 393 g/mol. The van der Waals surface area contributed by atoms with E-state index in [1.165, 1.54) is 32.4 Å². The van der Waals surface area contributed by atoms with Gasteiger partial charge in [0.15, 0.2) is 0 Å². The van der Waals surface area contributed by atoms with Gasteiger partial charge in [-0.15, -0.1) is 0 Å². The van der Waals surface area contributed by atoms with E-state index in [-0.39, 0.29) is 9.49 Å². The second-order valence-corrected chi connectivity index (χ2v) is 14.8. The fraction of sp³-hybridized carbons (Fsp3) is 0.423. The molecule has 0 amide bonds. The fourth-order valence-corrected chi connectivity index (χ4v) is 8.33. The van der Waals surface area contributed by atoms with Crippen LogP contribution in [0.2, 0.25) is 0 Å². The van der Waals surface area contributed by atoms with Gasteiger partial charge in [0, 0.05) is 17.1 Å². The number of hydrogen-bond donors (Lipinski definition) is 0. The van der Waals surface area contributed by atoms with E-state index in [1.807, 2.05) is 6.20 Å². The predicted octanol–water partition coefficient (Wildman–Crippen LogP) is 7.91. The lowest BCUT2D eigenvalue weighted by molar-refractivity contribution is 0.709. The molecule has 28 heavy (non-hydrogen) atoms. The second kappa shape index (κ2) is 6.91. The maximum absolute atomic E-state index is 4.76. The highest BCUT2D eigenvalue weighted by molar-refractivity contribution is 8.35. The third-order valence-corrected chi connectivity index (χ3v) is 12.2. The molecule has 0 atom stereocenters. The van der Waals surface area contributed by atoms with Crippen LogP contribution in [0.25, 0.3) is 22.0 Å². The average Bonchev–Trinajstić information content (AvgIpc) is 2.57. The molecule has 1 heterocycles. The van der Waals surface area contributed by atoms with Crippen LogP contribution in [0.1, 0.15) is 52.7 Å². The Labute approximate surface area is 172 Å². The van der Waals surface area contributed by atoms with Crippen LogP contribution in [0.4, 0.5) is 0 Å². The van der Waals surface area contributed by atoms with E-state index in [0.717, 1.165) is 5.69 Å². The first-order chi connectivity index (χ1) is 12.8. The summed E-state index contributed by atoms with van der Waals surface area (Å²) in [5.41, 5.74) is 4.85. The Kier molecular flexibility index (Phi) is 5.17. The van der Waals surface area contributed by atoms with Crippen LogP contribution in [0.5, 0.6) is 0 Å². The quantitative estimate of drug-likeness (QED) is 0.431. The lowest BCUT2D eigenvalue weighted by atomic mass is 10.0. The largest absolute Gasteiger partial charge is 0.256 e. The maximum atomic E-state index is 4.76. The fourth-order valence-electron chi connectivity index (χ4n) is 4.38. The molecule has 0 aliphatic rings. The third-order valence-electron chi connectivity index (χ3n) is 6.15. The van der Waals surface area contributed by atoms with E-state index in [1.54, 1.807) is 0 Å². The Morgan fingerprint density at radius 3 is 1.86 bits per heavy atom. The standard InChI is InChI=1S/C26H35NS/c1-18-14-19(2)16-21(15-18)24-23-11-10-22(17-20(23)12-13-27-24)28(9,25(3,4)5)26(6,7)8/h10-17H,1-9H3. The van der Waals surface area contributed by atoms with Crippen molar-refractivity contribution in [2.75, 3.05) is 6.26 Å². The van der Waals surface area contributed by atoms with E-state index >= 15 is 0 Å². The van der Waals surface area contributed by atoms with Crippen LogP contribution in [-0.2, 0) is 0 Å². The smallest absolute Gasteiger partial charge is 0.0780 e. The van der Waals surface area contributed by atoms with E-state index in [2.05, 4.69) is 104 Å². The molecule has 150 valence electrons. The highest BCUT2D eigenvalue weighted by Crippen LogP contribution is 2.70. The van der Waals surface area contributed by atoms with Crippen molar-refractivity contribution in [1.82, 2.24) is 4.98 Å². The summed E-state index contributed by atoms with van der Waals surface area (Å²) in [5, 5.41) is 2.52. The van der Waals surface area contributed by atoms with Crippen LogP contribution in [0.15, 0.2) is 53.6 Å². The molecule has 1 nitrogen and oxygen atoms in total. The minimum absolute atomic E-state index is 0.225. The highest BCUT2D eigenvalue weighted by atomic mass is 32.3. The van der Waals surface area contributed by atoms with Crippen molar-refractivity contribution in [1.29, 1.82) is 0 Å². The first kappa shape index (κ1) is 20.9. The van der Waals surface area contributed by atoms with Crippen molar-refractivity contribution < 1.29 is 0 Å². The minimum atomic E-state index is -1.05. The molecule has 0 N–H and O–H groups in total. The van der Waals surface area contributed by atoms with Crippen molar-refractivity contribution in [2.45, 2.75) is 69.8 Å². The SMILES string of the molecule is Cc1cc(C)cc(-c2nccc3cc(S(C)(C(C)(C)C)C(C)(C)C)ccc23)c1. The molecule has 2 aromatic carbocycles. The van der Waals surface area contributed by atoms with Crippen molar-refractivity contribution in [3.63, 3.8) is 0 Å². The van der Waals surface area contributed by atoms with Gasteiger partial charge in [0.2, 0.25) is 0 Å². The van der Waals surface area contributed by atoms with Gasteiger partial charge in [-0.2, -0.15) is 0 Å². The van der Waals surface area contributed by atoms with Gasteiger partial charge in [-0.25, -0.2) is 10.0 Å². The first-order valence-electron chi connectivity index (χ1n) is 10.1. The number of rotatable bonds is 2. The minimum Gasteiger partial charge on any atom is -0.256 e. The van der Waals surface area contributed by atoms with Gasteiger partial charge in [0.05, 0.1) is 5.69 Å². The molecule has 3 aromatic rings. The Balaban J connectivity index is 2.24. The lowest BCUT2D eigenvalue weighted by Gasteiger charge is -2.57. The van der Waals surface area contributed by atoms with Crippen molar-refractivity contribution in [3.8, 4) is 11.3 Å². The Morgan fingerprint density at radius 2 is 1.32 bits per heavy atom. The second-order valence-electron chi connectivity index (χ2n) is 10.1. The molecule has 0 spiro atoms. The zero-order chi connectivity index (χ0) is 20.9. The van der Waals surface area contributed by atoms with Crippen LogP contribution in [0, 0.1) is 13.8 Å². The summed E-state index contributed by atoms with van der Waals surface area (Å²) in [6.07, 6.45) is 4.46. The lowest BCUT2D eigenvalue weighted by Crippen LogP contribution is -2.37. The van der Waals surface area contributed by atoms with E-state index < -0.39 is 10.0 Å². The summed E-state index contributed by atoms with van der Waals surface area (Å²) in [5.74, 6) is 0. The van der Waals surface area contributed by atoms with Gasteiger partial charge in [0.25, 0.3) is 0 Å². The van der Waals surface area contributed by atoms with Gasteiger partial charge >= 0.3 is 0 Å². The highest BCUT2D eigenvalue weighted by Gasteiger charge is 2.43. The molecule has 0 aliphatic heterocycles. The Morgan fingerprint density at radius 1 is 0.750 bits per heavy atom. The molecule has 1 aromatic heterocycles. The molecular weight excluding hydrogens is 358 g/mol. The predicted molar refractivity (Wildman–Crippen MR) is 128 cm³/mol. The molecule has 0 radical (unpaired) electrons. The molecule has 3 rings (SSSR count). The first-order valence-corrected chi connectivity index (χ1v) is 12.1. The summed E-state index contributed by atoms with van der Waals surface area (Å²) < 4.78 is 0.449. The molecule has 0 saturated carbocycles. The third kappa shape index (κ3) is 3.48. The van der Waals surface area contributed by atoms with Crippen molar-refractivity contribution in [3.05, 3.63) is 59.8 Å². The summed E-state index contributed by atoms with van der Waals surface area (Å²) in [4.78, 5) is 6.24. The molecule has 0 saturated heterocycles. The molecule has 0 fully saturated rings. The van der Waals surface area contributed by atoms with Crippen LogP contribution >= 0.6 is 10.0 Å². The average molecular weight is 394 g/mol. The number of benzene rings is 2. The molecule has 0 aliphatic carbocycles. The molecular formula is C26H35NS. The summed E-state index contributed by atoms with van der Waals surface area (Å²) in [7, 11) is -1.05. The van der Waals surface area contributed by atoms with E-state index in [9.17, 15) is 0 Å². The zero-order valence-electron chi connectivity index (χ0n) is 19.0. The summed E-state index contributed by atoms with van der Waals surface area (Å²) >= 11 is 0. The maximum Gasteiger partial charge on any atom is 0.0780 e.